The van der Waals surface area contributed by atoms with E-state index in [0.717, 1.165) is 0 Å². The maximum atomic E-state index is 12.8. The minimum absolute atomic E-state index is 0.199. The van der Waals surface area contributed by atoms with E-state index in [1.54, 1.807) is 33.0 Å². The molecule has 0 atom stereocenters. The summed E-state index contributed by atoms with van der Waals surface area (Å²) in [6.07, 6.45) is 0. The van der Waals surface area contributed by atoms with Gasteiger partial charge in [0.25, 0.3) is 0 Å². The zero-order valence-corrected chi connectivity index (χ0v) is 9.10. The molecule has 1 amide bonds. The monoisotopic (exact) mass is 210 g/mol. The Kier molecular flexibility index (Phi) is 3.42. The maximum Gasteiger partial charge on any atom is 0.244 e. The molecule has 0 aliphatic heterocycles. The highest BCUT2D eigenvalue weighted by Crippen LogP contribution is 2.12. The molecule has 0 spiro atoms. The van der Waals surface area contributed by atoms with Gasteiger partial charge in [0, 0.05) is 5.69 Å². The number of hydrogen-bond acceptors (Lipinski definition) is 2. The summed E-state index contributed by atoms with van der Waals surface area (Å²) >= 11 is 0. The predicted molar refractivity (Wildman–Crippen MR) is 58.2 cm³/mol. The fourth-order valence-electron chi connectivity index (χ4n) is 0.967. The Morgan fingerprint density at radius 1 is 1.40 bits per heavy atom. The topological polar surface area (TPSA) is 41.1 Å². The van der Waals surface area contributed by atoms with E-state index in [1.165, 1.54) is 12.1 Å². The molecule has 4 heteroatoms. The van der Waals surface area contributed by atoms with Crippen molar-refractivity contribution >= 4 is 11.6 Å². The van der Waals surface area contributed by atoms with Crippen LogP contribution in [0.5, 0.6) is 0 Å². The first-order chi connectivity index (χ1) is 6.95. The Hall–Kier alpha value is -1.42. The molecular formula is C11H15FN2O. The second kappa shape index (κ2) is 4.40. The zero-order valence-electron chi connectivity index (χ0n) is 9.10. The second-order valence-electron chi connectivity index (χ2n) is 3.84. The van der Waals surface area contributed by atoms with Crippen molar-refractivity contribution in [2.24, 2.45) is 0 Å². The molecule has 2 N–H and O–H groups in total. The summed E-state index contributed by atoms with van der Waals surface area (Å²) in [4.78, 5) is 11.7. The summed E-state index contributed by atoms with van der Waals surface area (Å²) in [5.41, 5.74) is -0.213. The number of carbonyl (C=O) groups is 1. The van der Waals surface area contributed by atoms with Gasteiger partial charge in [-0.2, -0.15) is 0 Å². The molecule has 0 saturated heterocycles. The Morgan fingerprint density at radius 2 is 2.07 bits per heavy atom. The number of amides is 1. The third kappa shape index (κ3) is 3.02. The van der Waals surface area contributed by atoms with E-state index in [4.69, 9.17) is 0 Å². The minimum atomic E-state index is -0.674. The highest BCUT2D eigenvalue weighted by atomic mass is 19.1. The first-order valence-corrected chi connectivity index (χ1v) is 4.71. The number of benzene rings is 1. The lowest BCUT2D eigenvalue weighted by atomic mass is 10.1. The SMILES string of the molecule is CNC(C)(C)C(=O)Nc1cccc(F)c1. The molecule has 0 unspecified atom stereocenters. The Labute approximate surface area is 88.7 Å². The van der Waals surface area contributed by atoms with Crippen molar-refractivity contribution in [3.05, 3.63) is 30.1 Å². The van der Waals surface area contributed by atoms with Gasteiger partial charge < -0.3 is 10.6 Å². The quantitative estimate of drug-likeness (QED) is 0.798. The molecule has 0 saturated carbocycles. The number of rotatable bonds is 3. The average molecular weight is 210 g/mol. The smallest absolute Gasteiger partial charge is 0.244 e. The van der Waals surface area contributed by atoms with Crippen molar-refractivity contribution in [3.8, 4) is 0 Å². The van der Waals surface area contributed by atoms with Gasteiger partial charge in [-0.3, -0.25) is 4.79 Å². The highest BCUT2D eigenvalue weighted by molar-refractivity contribution is 5.97. The summed E-state index contributed by atoms with van der Waals surface area (Å²) in [6.45, 7) is 3.50. The van der Waals surface area contributed by atoms with Gasteiger partial charge in [0.2, 0.25) is 5.91 Å². The van der Waals surface area contributed by atoms with Gasteiger partial charge in [-0.1, -0.05) is 6.07 Å². The van der Waals surface area contributed by atoms with Gasteiger partial charge in [0.15, 0.2) is 0 Å². The van der Waals surface area contributed by atoms with Crippen LogP contribution < -0.4 is 10.6 Å². The van der Waals surface area contributed by atoms with E-state index < -0.39 is 5.54 Å². The molecule has 0 aliphatic rings. The van der Waals surface area contributed by atoms with Crippen LogP contribution in [0, 0.1) is 5.82 Å². The van der Waals surface area contributed by atoms with Crippen LogP contribution >= 0.6 is 0 Å². The van der Waals surface area contributed by atoms with E-state index in [1.807, 2.05) is 0 Å². The molecule has 0 fully saturated rings. The molecule has 0 heterocycles. The van der Waals surface area contributed by atoms with Gasteiger partial charge >= 0.3 is 0 Å². The van der Waals surface area contributed by atoms with Gasteiger partial charge in [-0.15, -0.1) is 0 Å². The molecule has 3 nitrogen and oxygen atoms in total. The van der Waals surface area contributed by atoms with Crippen molar-refractivity contribution in [1.82, 2.24) is 5.32 Å². The lowest BCUT2D eigenvalue weighted by Gasteiger charge is -2.22. The van der Waals surface area contributed by atoms with Crippen molar-refractivity contribution in [1.29, 1.82) is 0 Å². The largest absolute Gasteiger partial charge is 0.324 e. The van der Waals surface area contributed by atoms with Crippen molar-refractivity contribution < 1.29 is 9.18 Å². The third-order valence-electron chi connectivity index (χ3n) is 2.28. The molecule has 0 radical (unpaired) electrons. The third-order valence-corrected chi connectivity index (χ3v) is 2.28. The lowest BCUT2D eigenvalue weighted by Crippen LogP contribution is -2.47. The van der Waals surface area contributed by atoms with Crippen LogP contribution in [0.2, 0.25) is 0 Å². The van der Waals surface area contributed by atoms with Crippen LogP contribution in [-0.2, 0) is 4.79 Å². The standard InChI is InChI=1S/C11H15FN2O/c1-11(2,13-3)10(15)14-9-6-4-5-8(12)7-9/h4-7,13H,1-3H3,(H,14,15). The van der Waals surface area contributed by atoms with E-state index in [2.05, 4.69) is 10.6 Å². The molecule has 1 aromatic rings. The van der Waals surface area contributed by atoms with Crippen molar-refractivity contribution in [3.63, 3.8) is 0 Å². The predicted octanol–water partition coefficient (Wildman–Crippen LogP) is 1.76. The van der Waals surface area contributed by atoms with Gasteiger partial charge in [-0.05, 0) is 39.1 Å². The van der Waals surface area contributed by atoms with Crippen LogP contribution in [0.15, 0.2) is 24.3 Å². The van der Waals surface area contributed by atoms with Crippen LogP contribution in [0.4, 0.5) is 10.1 Å². The minimum Gasteiger partial charge on any atom is -0.324 e. The molecule has 1 aromatic carbocycles. The van der Waals surface area contributed by atoms with E-state index in [0.29, 0.717) is 5.69 Å². The maximum absolute atomic E-state index is 12.8. The van der Waals surface area contributed by atoms with E-state index >= 15 is 0 Å². The number of nitrogens with one attached hydrogen (secondary N) is 2. The van der Waals surface area contributed by atoms with Crippen LogP contribution in [0.25, 0.3) is 0 Å². The fourth-order valence-corrected chi connectivity index (χ4v) is 0.967. The molecule has 82 valence electrons. The molecule has 15 heavy (non-hydrogen) atoms. The number of halogens is 1. The summed E-state index contributed by atoms with van der Waals surface area (Å²) < 4.78 is 12.8. The Balaban J connectivity index is 2.75. The van der Waals surface area contributed by atoms with Crippen LogP contribution in [-0.4, -0.2) is 18.5 Å². The van der Waals surface area contributed by atoms with Gasteiger partial charge in [0.1, 0.15) is 5.82 Å². The summed E-state index contributed by atoms with van der Waals surface area (Å²) in [5.74, 6) is -0.564. The number of anilines is 1. The normalized spacial score (nSPS) is 11.2. The average Bonchev–Trinajstić information content (AvgIpc) is 2.17. The van der Waals surface area contributed by atoms with Crippen molar-refractivity contribution in [2.75, 3.05) is 12.4 Å². The van der Waals surface area contributed by atoms with Crippen LogP contribution in [0.1, 0.15) is 13.8 Å². The summed E-state index contributed by atoms with van der Waals surface area (Å²) in [6, 6.07) is 5.81. The first-order valence-electron chi connectivity index (χ1n) is 4.71. The number of hydrogen-bond donors (Lipinski definition) is 2. The Morgan fingerprint density at radius 3 is 2.60 bits per heavy atom. The molecule has 0 bridgehead atoms. The highest BCUT2D eigenvalue weighted by Gasteiger charge is 2.24. The summed E-state index contributed by atoms with van der Waals surface area (Å²) in [5, 5.41) is 5.50. The molecular weight excluding hydrogens is 195 g/mol. The second-order valence-corrected chi connectivity index (χ2v) is 3.84. The first kappa shape index (κ1) is 11.7. The number of carbonyl (C=O) groups excluding carboxylic acids is 1. The molecule has 1 rings (SSSR count). The zero-order chi connectivity index (χ0) is 11.5. The van der Waals surface area contributed by atoms with Crippen LogP contribution in [0.3, 0.4) is 0 Å². The lowest BCUT2D eigenvalue weighted by molar-refractivity contribution is -0.121. The van der Waals surface area contributed by atoms with E-state index in [9.17, 15) is 9.18 Å². The molecule has 0 aromatic heterocycles. The van der Waals surface area contributed by atoms with Gasteiger partial charge in [0.05, 0.1) is 5.54 Å². The van der Waals surface area contributed by atoms with Gasteiger partial charge in [-0.25, -0.2) is 4.39 Å². The fraction of sp³-hybridized carbons (Fsp3) is 0.364. The number of likely N-dealkylation sites (N-methyl/N-ethyl adjacent to an activating group) is 1. The summed E-state index contributed by atoms with van der Waals surface area (Å²) in [7, 11) is 1.70. The Bertz CT molecular complexity index is 363. The van der Waals surface area contributed by atoms with E-state index in [-0.39, 0.29) is 11.7 Å². The molecule has 0 aliphatic carbocycles. The van der Waals surface area contributed by atoms with Crippen molar-refractivity contribution in [2.45, 2.75) is 19.4 Å².